The summed E-state index contributed by atoms with van der Waals surface area (Å²) in [5.41, 5.74) is 6.27. The van der Waals surface area contributed by atoms with Crippen molar-refractivity contribution in [3.8, 4) is 11.4 Å². The predicted octanol–water partition coefficient (Wildman–Crippen LogP) is 4.80. The van der Waals surface area contributed by atoms with Crippen LogP contribution in [0.4, 0.5) is 0 Å². The summed E-state index contributed by atoms with van der Waals surface area (Å²) in [5, 5.41) is 4.83. The van der Waals surface area contributed by atoms with E-state index in [1.807, 2.05) is 0 Å². The molecule has 2 aromatic carbocycles. The van der Waals surface area contributed by atoms with Gasteiger partial charge >= 0.3 is 0 Å². The molecule has 1 saturated heterocycles. The normalized spacial score (nSPS) is 20.1. The first kappa shape index (κ1) is 17.5. The van der Waals surface area contributed by atoms with E-state index in [9.17, 15) is 0 Å². The number of piperidine rings is 1. The van der Waals surface area contributed by atoms with E-state index in [1.54, 1.807) is 0 Å². The number of aromatic nitrogens is 2. The summed E-state index contributed by atoms with van der Waals surface area (Å²) < 4.78 is 8.09. The van der Waals surface area contributed by atoms with Crippen LogP contribution in [0.25, 0.3) is 5.69 Å². The minimum Gasteiger partial charge on any atom is -0.491 e. The zero-order valence-corrected chi connectivity index (χ0v) is 16.6. The number of para-hydroxylation sites is 2. The van der Waals surface area contributed by atoms with Gasteiger partial charge in [-0.3, -0.25) is 4.90 Å². The Bertz CT molecular complexity index is 985. The molecule has 28 heavy (non-hydrogen) atoms. The van der Waals surface area contributed by atoms with Crippen LogP contribution in [0.2, 0.25) is 0 Å². The first-order valence-electron chi connectivity index (χ1n) is 10.3. The highest BCUT2D eigenvalue weighted by molar-refractivity contribution is 5.42. The van der Waals surface area contributed by atoms with Crippen molar-refractivity contribution in [1.82, 2.24) is 14.7 Å². The summed E-state index contributed by atoms with van der Waals surface area (Å²) in [4.78, 5) is 2.60. The molecule has 1 atom stereocenters. The average molecular weight is 374 g/mol. The van der Waals surface area contributed by atoms with Gasteiger partial charge in [-0.1, -0.05) is 36.4 Å². The second-order valence-corrected chi connectivity index (χ2v) is 8.08. The van der Waals surface area contributed by atoms with Gasteiger partial charge in [0, 0.05) is 17.2 Å². The van der Waals surface area contributed by atoms with Gasteiger partial charge in [0.1, 0.15) is 12.4 Å². The highest BCUT2D eigenvalue weighted by atomic mass is 16.5. The van der Waals surface area contributed by atoms with Gasteiger partial charge in [-0.25, -0.2) is 4.68 Å². The van der Waals surface area contributed by atoms with E-state index in [4.69, 9.17) is 9.84 Å². The van der Waals surface area contributed by atoms with Gasteiger partial charge in [0.25, 0.3) is 0 Å². The topological polar surface area (TPSA) is 30.3 Å². The maximum atomic E-state index is 5.91. The highest BCUT2D eigenvalue weighted by Crippen LogP contribution is 2.39. The summed E-state index contributed by atoms with van der Waals surface area (Å²) in [5.74, 6) is 1.61. The highest BCUT2D eigenvalue weighted by Gasteiger charge is 2.33. The van der Waals surface area contributed by atoms with Crippen molar-refractivity contribution in [3.63, 3.8) is 0 Å². The number of hydrogen-bond acceptors (Lipinski definition) is 3. The summed E-state index contributed by atoms with van der Waals surface area (Å²) in [6.07, 6.45) is 2.32. The number of likely N-dealkylation sites (tertiary alicyclic amines) is 1. The third kappa shape index (κ3) is 3.02. The Hall–Kier alpha value is -2.59. The predicted molar refractivity (Wildman–Crippen MR) is 111 cm³/mol. The molecule has 0 unspecified atom stereocenters. The van der Waals surface area contributed by atoms with Crippen molar-refractivity contribution >= 4 is 0 Å². The quantitative estimate of drug-likeness (QED) is 0.660. The fourth-order valence-electron chi connectivity index (χ4n) is 4.76. The van der Waals surface area contributed by atoms with Crippen LogP contribution < -0.4 is 4.74 Å². The van der Waals surface area contributed by atoms with Crippen LogP contribution in [0.3, 0.4) is 0 Å². The van der Waals surface area contributed by atoms with Crippen LogP contribution in [0.1, 0.15) is 47.3 Å². The van der Waals surface area contributed by atoms with E-state index in [-0.39, 0.29) is 0 Å². The third-order valence-electron chi connectivity index (χ3n) is 6.27. The molecule has 3 heterocycles. The number of rotatable bonds is 3. The summed E-state index contributed by atoms with van der Waals surface area (Å²) in [7, 11) is 0. The smallest absolute Gasteiger partial charge is 0.124 e. The molecule has 0 bridgehead atoms. The van der Waals surface area contributed by atoms with Crippen LogP contribution in [0.15, 0.2) is 54.6 Å². The van der Waals surface area contributed by atoms with E-state index in [2.05, 4.69) is 78.0 Å². The molecular weight excluding hydrogens is 346 g/mol. The Labute approximate surface area is 166 Å². The molecular formula is C24H27N3O. The number of hydrogen-bond donors (Lipinski definition) is 0. The molecule has 3 aromatic rings. The molecule has 2 aliphatic heterocycles. The Morgan fingerprint density at radius 1 is 0.964 bits per heavy atom. The first-order chi connectivity index (χ1) is 13.7. The number of nitrogens with zero attached hydrogens (tertiary/aromatic N) is 3. The van der Waals surface area contributed by atoms with Crippen molar-refractivity contribution in [2.75, 3.05) is 19.7 Å². The number of fused-ring (bicyclic) bond motifs is 1. The van der Waals surface area contributed by atoms with Crippen molar-refractivity contribution in [1.29, 1.82) is 0 Å². The lowest BCUT2D eigenvalue weighted by Gasteiger charge is -2.35. The van der Waals surface area contributed by atoms with E-state index in [0.29, 0.717) is 12.0 Å². The van der Waals surface area contributed by atoms with E-state index < -0.39 is 0 Å². The van der Waals surface area contributed by atoms with Gasteiger partial charge in [0.05, 0.1) is 17.4 Å². The fourth-order valence-corrected chi connectivity index (χ4v) is 4.76. The molecule has 4 nitrogen and oxygen atoms in total. The summed E-state index contributed by atoms with van der Waals surface area (Å²) in [6.45, 7) is 7.25. The second kappa shape index (κ2) is 7.10. The SMILES string of the molecule is Cc1cc(C2CCN([C@@H]3COc4ccccc43)CC2)n(-c2ccccc2C)n1. The van der Waals surface area contributed by atoms with Gasteiger partial charge < -0.3 is 4.74 Å². The van der Waals surface area contributed by atoms with E-state index >= 15 is 0 Å². The summed E-state index contributed by atoms with van der Waals surface area (Å²) >= 11 is 0. The van der Waals surface area contributed by atoms with Gasteiger partial charge in [-0.2, -0.15) is 5.10 Å². The Morgan fingerprint density at radius 3 is 2.54 bits per heavy atom. The zero-order valence-electron chi connectivity index (χ0n) is 16.6. The lowest BCUT2D eigenvalue weighted by atomic mass is 9.91. The lowest BCUT2D eigenvalue weighted by Crippen LogP contribution is -2.37. The monoisotopic (exact) mass is 373 g/mol. The Balaban J connectivity index is 1.35. The number of benzene rings is 2. The van der Waals surface area contributed by atoms with Gasteiger partial charge in [-0.05, 0) is 63.5 Å². The standard InChI is InChI=1S/C24H27N3O/c1-17-7-3-5-9-21(17)27-22(15-18(2)25-27)19-11-13-26(14-12-19)23-16-28-24-10-6-4-8-20(23)24/h3-10,15,19,23H,11-14,16H2,1-2H3/t23-/m1/s1. The van der Waals surface area contributed by atoms with Crippen LogP contribution in [-0.2, 0) is 0 Å². The van der Waals surface area contributed by atoms with Crippen molar-refractivity contribution in [3.05, 3.63) is 77.1 Å². The molecule has 1 aromatic heterocycles. The molecule has 144 valence electrons. The maximum absolute atomic E-state index is 5.91. The van der Waals surface area contributed by atoms with Crippen molar-refractivity contribution < 1.29 is 4.74 Å². The van der Waals surface area contributed by atoms with E-state index in [0.717, 1.165) is 44.0 Å². The zero-order chi connectivity index (χ0) is 19.1. The minimum atomic E-state index is 0.403. The molecule has 0 spiro atoms. The largest absolute Gasteiger partial charge is 0.491 e. The molecule has 5 rings (SSSR count). The fraction of sp³-hybridized carbons (Fsp3) is 0.375. The first-order valence-corrected chi connectivity index (χ1v) is 10.3. The van der Waals surface area contributed by atoms with Crippen LogP contribution >= 0.6 is 0 Å². The molecule has 2 aliphatic rings. The van der Waals surface area contributed by atoms with Gasteiger partial charge in [0.15, 0.2) is 0 Å². The lowest BCUT2D eigenvalue weighted by molar-refractivity contribution is 0.128. The Morgan fingerprint density at radius 2 is 1.71 bits per heavy atom. The van der Waals surface area contributed by atoms with Crippen molar-refractivity contribution in [2.45, 2.75) is 38.6 Å². The second-order valence-electron chi connectivity index (χ2n) is 8.08. The molecule has 0 aliphatic carbocycles. The minimum absolute atomic E-state index is 0.403. The summed E-state index contributed by atoms with van der Waals surface area (Å²) in [6, 6.07) is 19.7. The Kier molecular flexibility index (Phi) is 4.44. The average Bonchev–Trinajstić information content (AvgIpc) is 3.32. The molecule has 0 N–H and O–H groups in total. The van der Waals surface area contributed by atoms with Crippen molar-refractivity contribution in [2.24, 2.45) is 0 Å². The van der Waals surface area contributed by atoms with E-state index in [1.165, 1.54) is 22.5 Å². The van der Waals surface area contributed by atoms with Gasteiger partial charge in [-0.15, -0.1) is 0 Å². The molecule has 0 radical (unpaired) electrons. The number of aryl methyl sites for hydroxylation is 2. The number of ether oxygens (including phenoxy) is 1. The van der Waals surface area contributed by atoms with Crippen LogP contribution in [0.5, 0.6) is 5.75 Å². The molecule has 4 heteroatoms. The maximum Gasteiger partial charge on any atom is 0.124 e. The molecule has 0 saturated carbocycles. The van der Waals surface area contributed by atoms with Gasteiger partial charge in [0.2, 0.25) is 0 Å². The molecule has 1 fully saturated rings. The van der Waals surface area contributed by atoms with Crippen LogP contribution in [-0.4, -0.2) is 34.4 Å². The third-order valence-corrected chi connectivity index (χ3v) is 6.27. The molecule has 0 amide bonds. The van der Waals surface area contributed by atoms with Crippen LogP contribution in [0, 0.1) is 13.8 Å².